The van der Waals surface area contributed by atoms with Crippen LogP contribution in [0.4, 0.5) is 8.78 Å². The second-order valence-electron chi connectivity index (χ2n) is 4.44. The van der Waals surface area contributed by atoms with Crippen molar-refractivity contribution in [1.82, 2.24) is 15.3 Å². The van der Waals surface area contributed by atoms with Crippen LogP contribution in [0.25, 0.3) is 0 Å². The van der Waals surface area contributed by atoms with Gasteiger partial charge >= 0.3 is 0 Å². The van der Waals surface area contributed by atoms with Gasteiger partial charge in [-0.25, -0.2) is 18.7 Å². The van der Waals surface area contributed by atoms with E-state index in [9.17, 15) is 8.78 Å². The summed E-state index contributed by atoms with van der Waals surface area (Å²) in [5.74, 6) is -1.27. The summed E-state index contributed by atoms with van der Waals surface area (Å²) < 4.78 is 27.6. The predicted molar refractivity (Wildman–Crippen MR) is 68.8 cm³/mol. The van der Waals surface area contributed by atoms with Gasteiger partial charge in [-0.3, -0.25) is 0 Å². The lowest BCUT2D eigenvalue weighted by atomic mass is 10.0. The normalized spacial score (nSPS) is 12.5. The van der Waals surface area contributed by atoms with Crippen LogP contribution in [-0.4, -0.2) is 17.0 Å². The molecule has 0 aliphatic heterocycles. The van der Waals surface area contributed by atoms with Crippen molar-refractivity contribution >= 4 is 0 Å². The van der Waals surface area contributed by atoms with Crippen LogP contribution in [0, 0.1) is 25.5 Å². The fourth-order valence-electron chi connectivity index (χ4n) is 1.86. The summed E-state index contributed by atoms with van der Waals surface area (Å²) in [6.07, 6.45) is 3.30. The molecule has 3 nitrogen and oxygen atoms in total. The standard InChI is InChI=1S/C14H15F2N3/c1-8-6-18-14(19-7-8)13(17-3)10-5-4-9(2)11(15)12(10)16/h4-7,13,17H,1-3H3. The topological polar surface area (TPSA) is 37.8 Å². The third kappa shape index (κ3) is 2.61. The van der Waals surface area contributed by atoms with Gasteiger partial charge in [-0.15, -0.1) is 0 Å². The molecule has 0 saturated heterocycles. The average Bonchev–Trinajstić information content (AvgIpc) is 2.41. The van der Waals surface area contributed by atoms with E-state index >= 15 is 0 Å². The molecule has 0 radical (unpaired) electrons. The molecular weight excluding hydrogens is 248 g/mol. The van der Waals surface area contributed by atoms with Crippen molar-refractivity contribution in [3.8, 4) is 0 Å². The molecule has 0 fully saturated rings. The first-order chi connectivity index (χ1) is 9.04. The number of hydrogen-bond donors (Lipinski definition) is 1. The van der Waals surface area contributed by atoms with Crippen LogP contribution in [0.5, 0.6) is 0 Å². The Kier molecular flexibility index (Phi) is 3.85. The number of aromatic nitrogens is 2. The molecule has 5 heteroatoms. The number of hydrogen-bond acceptors (Lipinski definition) is 3. The zero-order valence-corrected chi connectivity index (χ0v) is 11.0. The van der Waals surface area contributed by atoms with E-state index in [0.29, 0.717) is 5.82 Å². The van der Waals surface area contributed by atoms with Crippen molar-refractivity contribution in [2.75, 3.05) is 7.05 Å². The van der Waals surface area contributed by atoms with E-state index < -0.39 is 17.7 Å². The van der Waals surface area contributed by atoms with Crippen LogP contribution in [0.3, 0.4) is 0 Å². The fraction of sp³-hybridized carbons (Fsp3) is 0.286. The first-order valence-electron chi connectivity index (χ1n) is 5.95. The van der Waals surface area contributed by atoms with Crippen LogP contribution in [0.1, 0.15) is 28.6 Å². The molecular formula is C14H15F2N3. The van der Waals surface area contributed by atoms with Gasteiger partial charge in [0.25, 0.3) is 0 Å². The van der Waals surface area contributed by atoms with E-state index in [4.69, 9.17) is 0 Å². The summed E-state index contributed by atoms with van der Waals surface area (Å²) in [6, 6.07) is 2.53. The smallest absolute Gasteiger partial charge is 0.164 e. The van der Waals surface area contributed by atoms with E-state index in [1.807, 2.05) is 6.92 Å². The minimum absolute atomic E-state index is 0.203. The minimum Gasteiger partial charge on any atom is -0.307 e. The Morgan fingerprint density at radius 3 is 2.26 bits per heavy atom. The lowest BCUT2D eigenvalue weighted by Crippen LogP contribution is -2.22. The lowest BCUT2D eigenvalue weighted by Gasteiger charge is -2.16. The van der Waals surface area contributed by atoms with E-state index in [1.54, 1.807) is 31.6 Å². The number of benzene rings is 1. The SMILES string of the molecule is CNC(c1ncc(C)cn1)c1ccc(C)c(F)c1F. The highest BCUT2D eigenvalue weighted by Crippen LogP contribution is 2.24. The highest BCUT2D eigenvalue weighted by molar-refractivity contribution is 5.31. The quantitative estimate of drug-likeness (QED) is 0.925. The molecule has 0 aliphatic rings. The van der Waals surface area contributed by atoms with Gasteiger partial charge in [-0.05, 0) is 32.0 Å². The molecule has 1 aromatic heterocycles. The van der Waals surface area contributed by atoms with Gasteiger partial charge in [0.15, 0.2) is 11.6 Å². The molecule has 1 aromatic carbocycles. The van der Waals surface area contributed by atoms with Gasteiger partial charge in [0.05, 0.1) is 6.04 Å². The molecule has 0 aliphatic carbocycles. The molecule has 1 atom stereocenters. The molecule has 0 spiro atoms. The van der Waals surface area contributed by atoms with Crippen LogP contribution in [0.2, 0.25) is 0 Å². The van der Waals surface area contributed by atoms with Gasteiger partial charge in [0.1, 0.15) is 5.82 Å². The van der Waals surface area contributed by atoms with Crippen LogP contribution < -0.4 is 5.32 Å². The van der Waals surface area contributed by atoms with Crippen molar-refractivity contribution < 1.29 is 8.78 Å². The average molecular weight is 263 g/mol. The number of aryl methyl sites for hydroxylation is 2. The maximum atomic E-state index is 14.0. The zero-order chi connectivity index (χ0) is 14.0. The Hall–Kier alpha value is -1.88. The van der Waals surface area contributed by atoms with Crippen LogP contribution >= 0.6 is 0 Å². The van der Waals surface area contributed by atoms with Crippen LogP contribution in [-0.2, 0) is 0 Å². The van der Waals surface area contributed by atoms with Crippen molar-refractivity contribution in [2.45, 2.75) is 19.9 Å². The van der Waals surface area contributed by atoms with Gasteiger partial charge < -0.3 is 5.32 Å². The summed E-state index contributed by atoms with van der Waals surface area (Å²) in [5.41, 5.74) is 1.39. The number of rotatable bonds is 3. The summed E-state index contributed by atoms with van der Waals surface area (Å²) in [6.45, 7) is 3.39. The number of nitrogens with one attached hydrogen (secondary N) is 1. The number of halogens is 2. The first kappa shape index (κ1) is 13.5. The largest absolute Gasteiger partial charge is 0.307 e. The Balaban J connectivity index is 2.48. The Morgan fingerprint density at radius 2 is 1.68 bits per heavy atom. The summed E-state index contributed by atoms with van der Waals surface area (Å²) in [5, 5.41) is 2.91. The molecule has 0 saturated carbocycles. The Bertz CT molecular complexity index is 582. The van der Waals surface area contributed by atoms with Gasteiger partial charge in [0.2, 0.25) is 0 Å². The third-order valence-corrected chi connectivity index (χ3v) is 2.96. The molecule has 2 rings (SSSR count). The molecule has 1 unspecified atom stereocenters. The molecule has 0 bridgehead atoms. The predicted octanol–water partition coefficient (Wildman–Crippen LogP) is 2.68. The fourth-order valence-corrected chi connectivity index (χ4v) is 1.86. The van der Waals surface area contributed by atoms with E-state index in [-0.39, 0.29) is 11.1 Å². The molecule has 100 valence electrons. The Labute approximate surface area is 110 Å². The summed E-state index contributed by atoms with van der Waals surface area (Å²) >= 11 is 0. The molecule has 19 heavy (non-hydrogen) atoms. The van der Waals surface area contributed by atoms with Gasteiger partial charge in [-0.1, -0.05) is 12.1 Å². The van der Waals surface area contributed by atoms with Crippen molar-refractivity contribution in [2.24, 2.45) is 0 Å². The molecule has 2 aromatic rings. The highest BCUT2D eigenvalue weighted by atomic mass is 19.2. The van der Waals surface area contributed by atoms with Crippen molar-refractivity contribution in [1.29, 1.82) is 0 Å². The van der Waals surface area contributed by atoms with Gasteiger partial charge in [0, 0.05) is 18.0 Å². The van der Waals surface area contributed by atoms with Gasteiger partial charge in [-0.2, -0.15) is 0 Å². The maximum Gasteiger partial charge on any atom is 0.164 e. The Morgan fingerprint density at radius 1 is 1.05 bits per heavy atom. The second-order valence-corrected chi connectivity index (χ2v) is 4.44. The number of nitrogens with zero attached hydrogens (tertiary/aromatic N) is 2. The molecule has 1 heterocycles. The molecule has 1 N–H and O–H groups in total. The van der Waals surface area contributed by atoms with Crippen molar-refractivity contribution in [3.05, 3.63) is 58.7 Å². The zero-order valence-electron chi connectivity index (χ0n) is 11.0. The van der Waals surface area contributed by atoms with Crippen LogP contribution in [0.15, 0.2) is 24.5 Å². The lowest BCUT2D eigenvalue weighted by molar-refractivity contribution is 0.479. The summed E-state index contributed by atoms with van der Waals surface area (Å²) in [4.78, 5) is 8.31. The molecule has 0 amide bonds. The highest BCUT2D eigenvalue weighted by Gasteiger charge is 2.21. The van der Waals surface area contributed by atoms with E-state index in [0.717, 1.165) is 5.56 Å². The summed E-state index contributed by atoms with van der Waals surface area (Å²) in [7, 11) is 1.66. The monoisotopic (exact) mass is 263 g/mol. The first-order valence-corrected chi connectivity index (χ1v) is 5.95. The minimum atomic E-state index is -0.858. The van der Waals surface area contributed by atoms with E-state index in [2.05, 4.69) is 15.3 Å². The van der Waals surface area contributed by atoms with E-state index in [1.165, 1.54) is 6.92 Å². The third-order valence-electron chi connectivity index (χ3n) is 2.96. The second kappa shape index (κ2) is 5.40. The van der Waals surface area contributed by atoms with Crippen molar-refractivity contribution in [3.63, 3.8) is 0 Å². The maximum absolute atomic E-state index is 14.0.